The lowest BCUT2D eigenvalue weighted by Crippen LogP contribution is -2.49. The Labute approximate surface area is 82.3 Å². The van der Waals surface area contributed by atoms with Crippen LogP contribution in [0.2, 0.25) is 0 Å². The molecule has 0 atom stereocenters. The summed E-state index contributed by atoms with van der Waals surface area (Å²) >= 11 is 0. The van der Waals surface area contributed by atoms with E-state index in [2.05, 4.69) is 5.18 Å². The van der Waals surface area contributed by atoms with E-state index < -0.39 is 11.2 Å². The number of hydrogen-bond donors (Lipinski definition) is 2. The maximum atomic E-state index is 10.1. The summed E-state index contributed by atoms with van der Waals surface area (Å²) in [5, 5.41) is 24.0. The molecule has 6 heteroatoms. The Morgan fingerprint density at radius 2 is 1.79 bits per heavy atom. The van der Waals surface area contributed by atoms with Gasteiger partial charge < -0.3 is 5.21 Å². The Morgan fingerprint density at radius 3 is 2.07 bits per heavy atom. The van der Waals surface area contributed by atoms with E-state index in [4.69, 9.17) is 0 Å². The van der Waals surface area contributed by atoms with Gasteiger partial charge in [-0.2, -0.15) is 5.06 Å². The van der Waals surface area contributed by atoms with E-state index in [1.54, 1.807) is 27.7 Å². The van der Waals surface area contributed by atoms with Crippen LogP contribution in [0.1, 0.15) is 27.7 Å². The lowest BCUT2D eigenvalue weighted by atomic mass is 10.0. The van der Waals surface area contributed by atoms with Gasteiger partial charge in [0.15, 0.2) is 0 Å². The molecule has 0 amide bonds. The second-order valence-electron chi connectivity index (χ2n) is 4.30. The minimum Gasteiger partial charge on any atom is -0.311 e. The molecule has 0 saturated carbocycles. The summed E-state index contributed by atoms with van der Waals surface area (Å²) in [7, 11) is 0. The summed E-state index contributed by atoms with van der Waals surface area (Å²) in [5.74, 6) is 0. The van der Waals surface area contributed by atoms with Crippen molar-refractivity contribution in [3.8, 4) is 0 Å². The molecule has 1 heterocycles. The molecule has 0 unspecified atom stereocenters. The van der Waals surface area contributed by atoms with Crippen molar-refractivity contribution in [1.82, 2.24) is 10.1 Å². The van der Waals surface area contributed by atoms with Crippen LogP contribution < -0.4 is 0 Å². The zero-order chi connectivity index (χ0) is 11.1. The van der Waals surface area contributed by atoms with E-state index in [0.29, 0.717) is 0 Å². The highest BCUT2D eigenvalue weighted by Gasteiger charge is 2.53. The molecule has 0 bridgehead atoms. The predicted molar refractivity (Wildman–Crippen MR) is 49.3 cm³/mol. The van der Waals surface area contributed by atoms with Crippen LogP contribution in [0.5, 0.6) is 0 Å². The molecule has 0 aromatic carbocycles. The van der Waals surface area contributed by atoms with Gasteiger partial charge in [0.25, 0.3) is 0 Å². The Balaban J connectivity index is 3.23. The van der Waals surface area contributed by atoms with Gasteiger partial charge in [-0.25, -0.2) is 5.06 Å². The van der Waals surface area contributed by atoms with Crippen LogP contribution in [0.25, 0.3) is 0 Å². The standard InChI is InChI=1S/C8H15N3O3/c1-7(2)6(5-9-12)10(13)8(3,4)11(7)14/h5,13-14H,1-4H3/b6-5+. The van der Waals surface area contributed by atoms with Crippen LogP contribution in [0.4, 0.5) is 0 Å². The van der Waals surface area contributed by atoms with E-state index in [9.17, 15) is 15.3 Å². The molecular formula is C8H15N3O3. The largest absolute Gasteiger partial charge is 0.311 e. The van der Waals surface area contributed by atoms with Gasteiger partial charge in [-0.05, 0) is 32.9 Å². The number of nitrogens with zero attached hydrogens (tertiary/aromatic N) is 3. The average molecular weight is 201 g/mol. The van der Waals surface area contributed by atoms with Crippen molar-refractivity contribution < 1.29 is 10.4 Å². The third-order valence-corrected chi connectivity index (χ3v) is 2.60. The summed E-state index contributed by atoms with van der Waals surface area (Å²) < 4.78 is 0. The maximum absolute atomic E-state index is 10.1. The molecule has 0 aromatic rings. The molecule has 1 aliphatic heterocycles. The zero-order valence-electron chi connectivity index (χ0n) is 8.72. The Bertz CT molecular complexity index is 286. The van der Waals surface area contributed by atoms with Crippen molar-refractivity contribution in [2.75, 3.05) is 0 Å². The normalized spacial score (nSPS) is 28.4. The Kier molecular flexibility index (Phi) is 2.39. The molecule has 0 spiro atoms. The molecule has 0 aliphatic carbocycles. The van der Waals surface area contributed by atoms with Crippen LogP contribution >= 0.6 is 0 Å². The summed E-state index contributed by atoms with van der Waals surface area (Å²) in [4.78, 5) is 10.1. The van der Waals surface area contributed by atoms with Crippen LogP contribution in [0.3, 0.4) is 0 Å². The third kappa shape index (κ3) is 1.23. The molecule has 80 valence electrons. The molecule has 14 heavy (non-hydrogen) atoms. The maximum Gasteiger partial charge on any atom is 0.136 e. The lowest BCUT2D eigenvalue weighted by molar-refractivity contribution is -0.255. The first kappa shape index (κ1) is 11.1. The van der Waals surface area contributed by atoms with Crippen LogP contribution in [0, 0.1) is 4.91 Å². The SMILES string of the molecule is CC1(C)/C(=C\N=O)N(O)C(C)(C)N1O. The first-order chi connectivity index (χ1) is 6.26. The fraction of sp³-hybridized carbons (Fsp3) is 0.750. The fourth-order valence-corrected chi connectivity index (χ4v) is 1.70. The highest BCUT2D eigenvalue weighted by Crippen LogP contribution is 2.41. The summed E-state index contributed by atoms with van der Waals surface area (Å²) in [6.07, 6.45) is 0.998. The van der Waals surface area contributed by atoms with E-state index >= 15 is 0 Å². The van der Waals surface area contributed by atoms with Gasteiger partial charge in [-0.3, -0.25) is 5.21 Å². The minimum atomic E-state index is -0.972. The van der Waals surface area contributed by atoms with Crippen LogP contribution in [-0.4, -0.2) is 31.7 Å². The first-order valence-corrected chi connectivity index (χ1v) is 4.27. The van der Waals surface area contributed by atoms with E-state index in [0.717, 1.165) is 16.3 Å². The Morgan fingerprint density at radius 1 is 1.29 bits per heavy atom. The van der Waals surface area contributed by atoms with Crippen molar-refractivity contribution in [3.05, 3.63) is 16.8 Å². The van der Waals surface area contributed by atoms with Crippen molar-refractivity contribution in [3.63, 3.8) is 0 Å². The van der Waals surface area contributed by atoms with Gasteiger partial charge >= 0.3 is 0 Å². The number of hydrogen-bond acceptors (Lipinski definition) is 6. The quantitative estimate of drug-likeness (QED) is 0.629. The fourth-order valence-electron chi connectivity index (χ4n) is 1.70. The summed E-state index contributed by atoms with van der Waals surface area (Å²) in [6, 6.07) is 0. The second kappa shape index (κ2) is 3.01. The molecule has 2 N–H and O–H groups in total. The molecule has 1 saturated heterocycles. The molecule has 0 aromatic heterocycles. The number of rotatable bonds is 1. The predicted octanol–water partition coefficient (Wildman–Crippen LogP) is 1.50. The van der Waals surface area contributed by atoms with Crippen LogP contribution in [-0.2, 0) is 0 Å². The molecular weight excluding hydrogens is 186 g/mol. The van der Waals surface area contributed by atoms with Gasteiger partial charge in [-0.15, -0.1) is 4.91 Å². The van der Waals surface area contributed by atoms with Gasteiger partial charge in [-0.1, -0.05) is 0 Å². The topological polar surface area (TPSA) is 76.4 Å². The number of hydroxylamine groups is 4. The second-order valence-corrected chi connectivity index (χ2v) is 4.30. The third-order valence-electron chi connectivity index (χ3n) is 2.60. The lowest BCUT2D eigenvalue weighted by Gasteiger charge is -2.33. The highest BCUT2D eigenvalue weighted by molar-refractivity contribution is 5.21. The Hall–Kier alpha value is -0.980. The van der Waals surface area contributed by atoms with Gasteiger partial charge in [0.1, 0.15) is 5.66 Å². The van der Waals surface area contributed by atoms with Gasteiger partial charge in [0.05, 0.1) is 17.4 Å². The van der Waals surface area contributed by atoms with E-state index in [1.807, 2.05) is 0 Å². The van der Waals surface area contributed by atoms with Crippen molar-refractivity contribution >= 4 is 0 Å². The van der Waals surface area contributed by atoms with E-state index in [1.165, 1.54) is 0 Å². The minimum absolute atomic E-state index is 0.264. The average Bonchev–Trinajstić information content (AvgIpc) is 2.19. The highest BCUT2D eigenvalue weighted by atomic mass is 16.6. The molecule has 1 aliphatic rings. The zero-order valence-corrected chi connectivity index (χ0v) is 8.72. The monoisotopic (exact) mass is 201 g/mol. The smallest absolute Gasteiger partial charge is 0.136 e. The first-order valence-electron chi connectivity index (χ1n) is 4.27. The van der Waals surface area contributed by atoms with Crippen molar-refractivity contribution in [1.29, 1.82) is 0 Å². The molecule has 6 nitrogen and oxygen atoms in total. The summed E-state index contributed by atoms with van der Waals surface area (Å²) in [6.45, 7) is 6.62. The molecule has 1 fully saturated rings. The molecule has 1 rings (SSSR count). The summed E-state index contributed by atoms with van der Waals surface area (Å²) in [5.41, 5.74) is -1.55. The van der Waals surface area contributed by atoms with E-state index in [-0.39, 0.29) is 5.70 Å². The molecule has 0 radical (unpaired) electrons. The van der Waals surface area contributed by atoms with Crippen LogP contribution in [0.15, 0.2) is 17.1 Å². The van der Waals surface area contributed by atoms with Crippen molar-refractivity contribution in [2.45, 2.75) is 38.9 Å². The van der Waals surface area contributed by atoms with Crippen molar-refractivity contribution in [2.24, 2.45) is 5.18 Å². The van der Waals surface area contributed by atoms with Gasteiger partial charge in [0, 0.05) is 0 Å². The number of nitroso groups, excluding NO2 is 1. The van der Waals surface area contributed by atoms with Gasteiger partial charge in [0.2, 0.25) is 0 Å².